The summed E-state index contributed by atoms with van der Waals surface area (Å²) in [5.74, 6) is 0.636. The lowest BCUT2D eigenvalue weighted by Gasteiger charge is -2.34. The number of amides is 1. The molecule has 1 heterocycles. The first-order valence-electron chi connectivity index (χ1n) is 6.65. The van der Waals surface area contributed by atoms with E-state index in [-0.39, 0.29) is 5.91 Å². The Balaban J connectivity index is 2.48. The first kappa shape index (κ1) is 15.4. The molecule has 1 amide bonds. The van der Waals surface area contributed by atoms with E-state index in [1.165, 1.54) is 0 Å². The molecule has 0 aliphatic carbocycles. The molecule has 18 heavy (non-hydrogen) atoms. The topological polar surface area (TPSA) is 64.4 Å². The van der Waals surface area contributed by atoms with Crippen molar-refractivity contribution < 1.29 is 9.53 Å². The maximum absolute atomic E-state index is 12.3. The van der Waals surface area contributed by atoms with Gasteiger partial charge in [-0.05, 0) is 31.6 Å². The lowest BCUT2D eigenvalue weighted by molar-refractivity contribution is -0.131. The van der Waals surface area contributed by atoms with E-state index in [9.17, 15) is 4.79 Å². The van der Waals surface area contributed by atoms with E-state index in [1.807, 2.05) is 0 Å². The van der Waals surface area contributed by atoms with Crippen molar-refractivity contribution in [2.24, 2.45) is 17.1 Å². The maximum Gasteiger partial charge on any atom is 0.233 e. The van der Waals surface area contributed by atoms with Gasteiger partial charge in [0.05, 0.1) is 4.99 Å². The summed E-state index contributed by atoms with van der Waals surface area (Å²) in [6, 6.07) is 0. The van der Waals surface area contributed by atoms with Gasteiger partial charge in [0.15, 0.2) is 0 Å². The molecule has 1 aliphatic heterocycles. The number of ether oxygens (including phenoxy) is 1. The van der Waals surface area contributed by atoms with E-state index in [0.29, 0.717) is 43.5 Å². The summed E-state index contributed by atoms with van der Waals surface area (Å²) in [5.41, 5.74) is 5.08. The molecule has 104 valence electrons. The van der Waals surface area contributed by atoms with E-state index < -0.39 is 5.41 Å². The van der Waals surface area contributed by atoms with E-state index in [0.717, 1.165) is 12.8 Å². The van der Waals surface area contributed by atoms with Crippen molar-refractivity contribution >= 4 is 23.1 Å². The predicted molar refractivity (Wildman–Crippen MR) is 76.4 cm³/mol. The second kappa shape index (κ2) is 7.04. The lowest BCUT2D eigenvalue weighted by atomic mass is 9.79. The summed E-state index contributed by atoms with van der Waals surface area (Å²) >= 11 is 5.09. The van der Waals surface area contributed by atoms with Crippen molar-refractivity contribution in [3.05, 3.63) is 0 Å². The fourth-order valence-corrected chi connectivity index (χ4v) is 2.48. The quantitative estimate of drug-likeness (QED) is 0.570. The number of nitrogens with one attached hydrogen (secondary N) is 1. The van der Waals surface area contributed by atoms with Gasteiger partial charge in [-0.25, -0.2) is 0 Å². The van der Waals surface area contributed by atoms with Gasteiger partial charge in [0.2, 0.25) is 5.91 Å². The summed E-state index contributed by atoms with van der Waals surface area (Å²) in [6.07, 6.45) is 3.30. The Morgan fingerprint density at radius 2 is 2.06 bits per heavy atom. The van der Waals surface area contributed by atoms with Crippen molar-refractivity contribution in [1.82, 2.24) is 5.32 Å². The molecule has 0 atom stereocenters. The molecule has 0 aromatic carbocycles. The Labute approximate surface area is 115 Å². The predicted octanol–water partition coefficient (Wildman–Crippen LogP) is 1.62. The number of hydrogen-bond acceptors (Lipinski definition) is 3. The zero-order valence-corrected chi connectivity index (χ0v) is 12.1. The van der Waals surface area contributed by atoms with Crippen LogP contribution in [0.5, 0.6) is 0 Å². The van der Waals surface area contributed by atoms with Gasteiger partial charge in [-0.15, -0.1) is 0 Å². The molecule has 1 aliphatic rings. The van der Waals surface area contributed by atoms with Crippen LogP contribution in [-0.4, -0.2) is 30.7 Å². The van der Waals surface area contributed by atoms with Crippen LogP contribution in [0.15, 0.2) is 0 Å². The lowest BCUT2D eigenvalue weighted by Crippen LogP contribution is -2.52. The largest absolute Gasteiger partial charge is 0.392 e. The third kappa shape index (κ3) is 3.92. The molecule has 0 aromatic rings. The van der Waals surface area contributed by atoms with E-state index in [1.54, 1.807) is 0 Å². The van der Waals surface area contributed by atoms with E-state index in [2.05, 4.69) is 19.2 Å². The molecular weight excluding hydrogens is 248 g/mol. The number of hydrogen-bond donors (Lipinski definition) is 2. The highest BCUT2D eigenvalue weighted by atomic mass is 32.1. The van der Waals surface area contributed by atoms with E-state index >= 15 is 0 Å². The molecule has 1 rings (SSSR count). The van der Waals surface area contributed by atoms with Crippen molar-refractivity contribution in [2.45, 2.75) is 39.5 Å². The molecule has 1 fully saturated rings. The first-order valence-corrected chi connectivity index (χ1v) is 7.06. The Morgan fingerprint density at radius 3 is 2.56 bits per heavy atom. The summed E-state index contributed by atoms with van der Waals surface area (Å²) in [4.78, 5) is 12.6. The van der Waals surface area contributed by atoms with Crippen molar-refractivity contribution in [2.75, 3.05) is 19.8 Å². The Bertz CT molecular complexity index is 299. The Kier molecular flexibility index (Phi) is 6.02. The molecule has 3 N–H and O–H groups in total. The average Bonchev–Trinajstić information content (AvgIpc) is 2.34. The molecule has 0 unspecified atom stereocenters. The van der Waals surface area contributed by atoms with Gasteiger partial charge in [-0.1, -0.05) is 26.1 Å². The van der Waals surface area contributed by atoms with Gasteiger partial charge in [0.25, 0.3) is 0 Å². The van der Waals surface area contributed by atoms with Gasteiger partial charge in [0.1, 0.15) is 5.41 Å². The molecule has 5 heteroatoms. The smallest absolute Gasteiger partial charge is 0.233 e. The molecular formula is C13H24N2O2S. The highest BCUT2D eigenvalue weighted by Gasteiger charge is 2.42. The summed E-state index contributed by atoms with van der Waals surface area (Å²) < 4.78 is 5.29. The van der Waals surface area contributed by atoms with Gasteiger partial charge in [-0.2, -0.15) is 0 Å². The standard InChI is InChI=1S/C13H24N2O2S/c1-10(2)4-3-7-15-12(16)13(11(14)18)5-8-17-9-6-13/h10H,3-9H2,1-2H3,(H2,14,18)(H,15,16). The van der Waals surface area contributed by atoms with Crippen molar-refractivity contribution in [3.63, 3.8) is 0 Å². The minimum Gasteiger partial charge on any atom is -0.392 e. The van der Waals surface area contributed by atoms with Crippen LogP contribution in [0.3, 0.4) is 0 Å². The molecule has 0 bridgehead atoms. The second-order valence-electron chi connectivity index (χ2n) is 5.35. The minimum absolute atomic E-state index is 0.0259. The second-order valence-corrected chi connectivity index (χ2v) is 5.79. The number of thiocarbonyl (C=S) groups is 1. The van der Waals surface area contributed by atoms with Crippen LogP contribution >= 0.6 is 12.2 Å². The SMILES string of the molecule is CC(C)CCCNC(=O)C1(C(N)=S)CCOCC1. The molecule has 0 spiro atoms. The fraction of sp³-hybridized carbons (Fsp3) is 0.846. The fourth-order valence-electron chi connectivity index (χ4n) is 2.19. The molecule has 0 radical (unpaired) electrons. The zero-order chi connectivity index (χ0) is 13.6. The Hall–Kier alpha value is -0.680. The summed E-state index contributed by atoms with van der Waals surface area (Å²) in [7, 11) is 0. The van der Waals surface area contributed by atoms with Crippen LogP contribution in [0.4, 0.5) is 0 Å². The molecule has 0 saturated carbocycles. The van der Waals surface area contributed by atoms with Crippen LogP contribution in [-0.2, 0) is 9.53 Å². The van der Waals surface area contributed by atoms with Gasteiger partial charge in [-0.3, -0.25) is 4.79 Å². The van der Waals surface area contributed by atoms with Gasteiger partial charge < -0.3 is 15.8 Å². The number of carbonyl (C=O) groups excluding carboxylic acids is 1. The third-order valence-corrected chi connectivity index (χ3v) is 3.89. The molecule has 1 saturated heterocycles. The minimum atomic E-state index is -0.689. The van der Waals surface area contributed by atoms with Crippen LogP contribution in [0.25, 0.3) is 0 Å². The van der Waals surface area contributed by atoms with Crippen molar-refractivity contribution in [3.8, 4) is 0 Å². The number of rotatable bonds is 6. The van der Waals surface area contributed by atoms with Crippen LogP contribution in [0.2, 0.25) is 0 Å². The highest BCUT2D eigenvalue weighted by Crippen LogP contribution is 2.31. The monoisotopic (exact) mass is 272 g/mol. The number of carbonyl (C=O) groups is 1. The van der Waals surface area contributed by atoms with Crippen molar-refractivity contribution in [1.29, 1.82) is 0 Å². The third-order valence-electron chi connectivity index (χ3n) is 3.50. The van der Waals surface area contributed by atoms with Crippen LogP contribution in [0.1, 0.15) is 39.5 Å². The van der Waals surface area contributed by atoms with Gasteiger partial charge in [0, 0.05) is 19.8 Å². The molecule has 4 nitrogen and oxygen atoms in total. The van der Waals surface area contributed by atoms with E-state index in [4.69, 9.17) is 22.7 Å². The first-order chi connectivity index (χ1) is 8.49. The maximum atomic E-state index is 12.3. The zero-order valence-electron chi connectivity index (χ0n) is 11.3. The highest BCUT2D eigenvalue weighted by molar-refractivity contribution is 7.80. The van der Waals surface area contributed by atoms with Crippen LogP contribution < -0.4 is 11.1 Å². The van der Waals surface area contributed by atoms with Gasteiger partial charge >= 0.3 is 0 Å². The average molecular weight is 272 g/mol. The van der Waals surface area contributed by atoms with Crippen LogP contribution in [0, 0.1) is 11.3 Å². The molecule has 0 aromatic heterocycles. The summed E-state index contributed by atoms with van der Waals surface area (Å²) in [6.45, 7) is 6.16. The Morgan fingerprint density at radius 1 is 1.44 bits per heavy atom. The number of nitrogens with two attached hydrogens (primary N) is 1. The summed E-state index contributed by atoms with van der Waals surface area (Å²) in [5, 5.41) is 2.97. The normalized spacial score (nSPS) is 18.6.